The van der Waals surface area contributed by atoms with Gasteiger partial charge in [0.1, 0.15) is 11.6 Å². The first kappa shape index (κ1) is 11.3. The van der Waals surface area contributed by atoms with Crippen LogP contribution in [0.15, 0.2) is 30.6 Å². The Balaban J connectivity index is 2.22. The van der Waals surface area contributed by atoms with Gasteiger partial charge in [-0.15, -0.1) is 0 Å². The topological polar surface area (TPSA) is 60.9 Å². The maximum Gasteiger partial charge on any atom is 0.339 e. The van der Waals surface area contributed by atoms with E-state index in [-0.39, 0.29) is 6.42 Å². The normalized spacial score (nSPS) is 10.5. The zero-order valence-electron chi connectivity index (χ0n) is 8.73. The summed E-state index contributed by atoms with van der Waals surface area (Å²) >= 11 is 0. The van der Waals surface area contributed by atoms with Crippen LogP contribution >= 0.6 is 0 Å². The molecule has 17 heavy (non-hydrogen) atoms. The van der Waals surface area contributed by atoms with Crippen molar-refractivity contribution in [1.29, 1.82) is 0 Å². The molecule has 0 atom stereocenters. The van der Waals surface area contributed by atoms with Gasteiger partial charge in [-0.25, -0.2) is 13.6 Å². The SMILES string of the molecule is NC(=O)n1cc(Cc2ccc(F)cc2F)cn1. The molecule has 0 unspecified atom stereocenters. The van der Waals surface area contributed by atoms with E-state index in [1.54, 1.807) is 0 Å². The average molecular weight is 237 g/mol. The van der Waals surface area contributed by atoms with Gasteiger partial charge in [-0.3, -0.25) is 0 Å². The predicted molar refractivity (Wildman–Crippen MR) is 56.4 cm³/mol. The van der Waals surface area contributed by atoms with Gasteiger partial charge in [-0.1, -0.05) is 6.07 Å². The predicted octanol–water partition coefficient (Wildman–Crippen LogP) is 1.68. The van der Waals surface area contributed by atoms with Crippen molar-refractivity contribution in [2.24, 2.45) is 5.73 Å². The lowest BCUT2D eigenvalue weighted by molar-refractivity contribution is 0.247. The second-order valence-corrected chi connectivity index (χ2v) is 3.54. The summed E-state index contributed by atoms with van der Waals surface area (Å²) < 4.78 is 27.0. The number of nitrogens with two attached hydrogens (primary N) is 1. The third-order valence-corrected chi connectivity index (χ3v) is 2.27. The van der Waals surface area contributed by atoms with Crippen molar-refractivity contribution in [1.82, 2.24) is 9.78 Å². The number of hydrogen-bond donors (Lipinski definition) is 1. The molecule has 0 saturated heterocycles. The smallest absolute Gasteiger partial charge is 0.339 e. The Morgan fingerprint density at radius 1 is 1.41 bits per heavy atom. The number of benzene rings is 1. The van der Waals surface area contributed by atoms with Crippen LogP contribution in [0.5, 0.6) is 0 Å². The number of amides is 1. The van der Waals surface area contributed by atoms with Gasteiger partial charge >= 0.3 is 6.03 Å². The highest BCUT2D eigenvalue weighted by Gasteiger charge is 2.07. The summed E-state index contributed by atoms with van der Waals surface area (Å²) in [5.74, 6) is -1.25. The minimum atomic E-state index is -0.712. The van der Waals surface area contributed by atoms with Gasteiger partial charge in [0, 0.05) is 18.7 Å². The van der Waals surface area contributed by atoms with E-state index in [2.05, 4.69) is 5.10 Å². The average Bonchev–Trinajstić information content (AvgIpc) is 2.71. The Morgan fingerprint density at radius 3 is 2.76 bits per heavy atom. The molecule has 1 heterocycles. The fourth-order valence-corrected chi connectivity index (χ4v) is 1.46. The quantitative estimate of drug-likeness (QED) is 0.863. The molecule has 1 amide bonds. The number of hydrogen-bond acceptors (Lipinski definition) is 2. The van der Waals surface area contributed by atoms with Crippen LogP contribution in [0.25, 0.3) is 0 Å². The standard InChI is InChI=1S/C11H9F2N3O/c12-9-2-1-8(10(13)4-9)3-7-5-15-16(6-7)11(14)17/h1-2,4-6H,3H2,(H2,14,17). The molecule has 0 saturated carbocycles. The second-order valence-electron chi connectivity index (χ2n) is 3.54. The van der Waals surface area contributed by atoms with Crippen LogP contribution < -0.4 is 5.73 Å². The summed E-state index contributed by atoms with van der Waals surface area (Å²) in [5.41, 5.74) is 5.96. The van der Waals surface area contributed by atoms with Gasteiger partial charge in [0.2, 0.25) is 0 Å². The summed E-state index contributed by atoms with van der Waals surface area (Å²) in [4.78, 5) is 10.8. The molecule has 0 bridgehead atoms. The van der Waals surface area contributed by atoms with Crippen molar-refractivity contribution in [2.75, 3.05) is 0 Å². The molecule has 2 aromatic rings. The Morgan fingerprint density at radius 2 is 2.18 bits per heavy atom. The van der Waals surface area contributed by atoms with Gasteiger partial charge in [-0.2, -0.15) is 9.78 Å². The van der Waals surface area contributed by atoms with E-state index < -0.39 is 17.7 Å². The molecule has 4 nitrogen and oxygen atoms in total. The number of carbonyl (C=O) groups excluding carboxylic acids is 1. The summed E-state index contributed by atoms with van der Waals surface area (Å²) in [6.07, 6.45) is 3.04. The highest BCUT2D eigenvalue weighted by molar-refractivity contribution is 5.73. The summed E-state index contributed by atoms with van der Waals surface area (Å²) in [7, 11) is 0. The van der Waals surface area contributed by atoms with E-state index in [1.807, 2.05) is 0 Å². The molecule has 0 aliphatic heterocycles. The van der Waals surface area contributed by atoms with E-state index >= 15 is 0 Å². The molecule has 2 rings (SSSR count). The number of rotatable bonds is 2. The third-order valence-electron chi connectivity index (χ3n) is 2.27. The maximum atomic E-state index is 13.3. The van der Waals surface area contributed by atoms with Gasteiger partial charge in [0.15, 0.2) is 0 Å². The largest absolute Gasteiger partial charge is 0.350 e. The Kier molecular flexibility index (Phi) is 2.86. The van der Waals surface area contributed by atoms with Crippen LogP contribution in [0.4, 0.5) is 13.6 Å². The van der Waals surface area contributed by atoms with Crippen molar-refractivity contribution >= 4 is 6.03 Å². The molecule has 88 valence electrons. The fraction of sp³-hybridized carbons (Fsp3) is 0.0909. The molecular formula is C11H9F2N3O. The Bertz CT molecular complexity index is 566. The molecule has 0 aliphatic rings. The second kappa shape index (κ2) is 4.32. The molecular weight excluding hydrogens is 228 g/mol. The van der Waals surface area contributed by atoms with Crippen molar-refractivity contribution in [3.63, 3.8) is 0 Å². The van der Waals surface area contributed by atoms with Gasteiger partial charge in [0.05, 0.1) is 6.20 Å². The van der Waals surface area contributed by atoms with E-state index in [9.17, 15) is 13.6 Å². The van der Waals surface area contributed by atoms with Crippen molar-refractivity contribution in [3.8, 4) is 0 Å². The van der Waals surface area contributed by atoms with Crippen LogP contribution in [-0.2, 0) is 6.42 Å². The monoisotopic (exact) mass is 237 g/mol. The van der Waals surface area contributed by atoms with Crippen LogP contribution in [0.2, 0.25) is 0 Å². The lowest BCUT2D eigenvalue weighted by atomic mass is 10.1. The van der Waals surface area contributed by atoms with E-state index in [0.29, 0.717) is 11.1 Å². The zero-order chi connectivity index (χ0) is 12.4. The first-order valence-corrected chi connectivity index (χ1v) is 4.83. The van der Waals surface area contributed by atoms with Gasteiger partial charge < -0.3 is 5.73 Å². The van der Waals surface area contributed by atoms with Crippen molar-refractivity contribution in [3.05, 3.63) is 53.4 Å². The van der Waals surface area contributed by atoms with Crippen molar-refractivity contribution < 1.29 is 13.6 Å². The van der Waals surface area contributed by atoms with Gasteiger partial charge in [-0.05, 0) is 17.2 Å². The van der Waals surface area contributed by atoms with E-state index in [0.717, 1.165) is 10.7 Å². The lowest BCUT2D eigenvalue weighted by Gasteiger charge is -2.00. The minimum absolute atomic E-state index is 0.222. The highest BCUT2D eigenvalue weighted by Crippen LogP contribution is 2.14. The zero-order valence-corrected chi connectivity index (χ0v) is 8.73. The maximum absolute atomic E-state index is 13.3. The van der Waals surface area contributed by atoms with Crippen LogP contribution in [0.3, 0.4) is 0 Å². The summed E-state index contributed by atoms with van der Waals surface area (Å²) in [6, 6.07) is 2.63. The summed E-state index contributed by atoms with van der Waals surface area (Å²) in [6.45, 7) is 0. The minimum Gasteiger partial charge on any atom is -0.350 e. The molecule has 0 spiro atoms. The Hall–Kier alpha value is -2.24. The van der Waals surface area contributed by atoms with Gasteiger partial charge in [0.25, 0.3) is 0 Å². The number of carbonyl (C=O) groups is 1. The molecule has 0 aliphatic carbocycles. The lowest BCUT2D eigenvalue weighted by Crippen LogP contribution is -2.19. The fourth-order valence-electron chi connectivity index (χ4n) is 1.46. The molecule has 0 radical (unpaired) electrons. The van der Waals surface area contributed by atoms with Crippen molar-refractivity contribution in [2.45, 2.75) is 6.42 Å². The molecule has 1 aromatic heterocycles. The molecule has 0 fully saturated rings. The first-order valence-electron chi connectivity index (χ1n) is 4.83. The number of nitrogens with zero attached hydrogens (tertiary/aromatic N) is 2. The Labute approximate surface area is 95.7 Å². The van der Waals surface area contributed by atoms with E-state index in [1.165, 1.54) is 24.5 Å². The van der Waals surface area contributed by atoms with Crippen LogP contribution in [0.1, 0.15) is 11.1 Å². The third kappa shape index (κ3) is 2.47. The van der Waals surface area contributed by atoms with E-state index in [4.69, 9.17) is 5.73 Å². The molecule has 2 N–H and O–H groups in total. The summed E-state index contributed by atoms with van der Waals surface area (Å²) in [5, 5.41) is 3.70. The number of halogens is 2. The van der Waals surface area contributed by atoms with Crippen LogP contribution in [0, 0.1) is 11.6 Å². The molecule has 1 aromatic carbocycles. The van der Waals surface area contributed by atoms with Crippen LogP contribution in [-0.4, -0.2) is 15.8 Å². The molecule has 6 heteroatoms. The number of aromatic nitrogens is 2. The first-order chi connectivity index (χ1) is 8.06. The number of primary amides is 1. The highest BCUT2D eigenvalue weighted by atomic mass is 19.1.